The lowest BCUT2D eigenvalue weighted by Crippen LogP contribution is -2.04. The molecule has 0 radical (unpaired) electrons. The van der Waals surface area contributed by atoms with E-state index < -0.39 is 83.0 Å². The Morgan fingerprint density at radius 2 is 1.10 bits per heavy atom. The minimum absolute atomic E-state index is 0.0263. The van der Waals surface area contributed by atoms with Crippen molar-refractivity contribution in [3.8, 4) is 17.2 Å². The number of fused-ring (bicyclic) bond motifs is 4. The SMILES string of the molecule is COc1cc(N=Nc2cc(C)c(N=Nc3ccc(S(=O)(=O)O)cc3C(=O)O)cc2C)c(C)cc1N=Nc1c(S(=O)(=O)O)cc2cc(-n3nc4ccc5c(S(=O)(=O)O)cc(S(=O)(=O)O)cc5c4n3)ccc2c1O. The van der Waals surface area contributed by atoms with E-state index in [9.17, 15) is 66.9 Å². The van der Waals surface area contributed by atoms with Gasteiger partial charge in [0.15, 0.2) is 5.75 Å². The van der Waals surface area contributed by atoms with E-state index in [0.717, 1.165) is 35.1 Å². The van der Waals surface area contributed by atoms with Crippen molar-refractivity contribution >= 4 is 113 Å². The summed E-state index contributed by atoms with van der Waals surface area (Å²) in [5, 5.41) is 54.5. The molecule has 0 atom stereocenters. The zero-order chi connectivity index (χ0) is 52.4. The van der Waals surface area contributed by atoms with E-state index in [4.69, 9.17) is 4.74 Å². The van der Waals surface area contributed by atoms with Crippen molar-refractivity contribution in [1.29, 1.82) is 0 Å². The van der Waals surface area contributed by atoms with Gasteiger partial charge < -0.3 is 14.9 Å². The Balaban J connectivity index is 1.09. The quantitative estimate of drug-likeness (QED) is 0.0462. The van der Waals surface area contributed by atoms with Crippen LogP contribution in [0.1, 0.15) is 27.0 Å². The maximum absolute atomic E-state index is 12.8. The van der Waals surface area contributed by atoms with Crippen LogP contribution in [0.3, 0.4) is 0 Å². The average Bonchev–Trinajstić information content (AvgIpc) is 3.75. The lowest BCUT2D eigenvalue weighted by Gasteiger charge is -2.11. The number of carboxylic acids is 1. The Morgan fingerprint density at radius 1 is 0.542 bits per heavy atom. The number of methoxy groups -OCH3 is 1. The summed E-state index contributed by atoms with van der Waals surface area (Å²) in [7, 11) is -18.5. The standard InChI is InChI=1S/C43H33N9O16S4/c1-20-12-34(21(2)11-33(20)45-44-31-9-6-25(69(56,57)58)16-30(31)43(54)55)46-47-35-19-37(68-4)36(13-22(35)3)48-49-41-39(72(65,66)67)15-23-14-24(5-7-27(23)42(41)53)52-50-32-10-8-28-29(40(32)51-52)17-26(70(59,60)61)18-38(28)71(62,63)64/h5-19,53H,1-4H3,(H,54,55)(H,56,57,58)(H,59,60,61)(H,62,63,64)(H,65,66,67). The van der Waals surface area contributed by atoms with Gasteiger partial charge in [0, 0.05) is 22.2 Å². The Labute approximate surface area is 406 Å². The van der Waals surface area contributed by atoms with Crippen LogP contribution in [-0.2, 0) is 40.5 Å². The smallest absolute Gasteiger partial charge is 0.338 e. The molecule has 7 aromatic carbocycles. The summed E-state index contributed by atoms with van der Waals surface area (Å²) in [4.78, 5) is 9.65. The van der Waals surface area contributed by atoms with Crippen LogP contribution >= 0.6 is 0 Å². The molecule has 72 heavy (non-hydrogen) atoms. The predicted octanol–water partition coefficient (Wildman–Crippen LogP) is 9.30. The first kappa shape index (κ1) is 50.4. The number of carbonyl (C=O) groups is 1. The van der Waals surface area contributed by atoms with E-state index in [1.165, 1.54) is 49.6 Å². The van der Waals surface area contributed by atoms with Gasteiger partial charge in [-0.1, -0.05) is 6.07 Å². The first-order valence-electron chi connectivity index (χ1n) is 20.1. The zero-order valence-electron chi connectivity index (χ0n) is 37.1. The highest BCUT2D eigenvalue weighted by molar-refractivity contribution is 7.87. The normalized spacial score (nSPS) is 12.9. The van der Waals surface area contributed by atoms with E-state index in [1.807, 2.05) is 0 Å². The van der Waals surface area contributed by atoms with Gasteiger partial charge in [-0.3, -0.25) is 18.2 Å². The molecule has 29 heteroatoms. The molecule has 0 saturated heterocycles. The molecule has 0 spiro atoms. The Morgan fingerprint density at radius 3 is 1.67 bits per heavy atom. The van der Waals surface area contributed by atoms with Gasteiger partial charge in [0.1, 0.15) is 43.6 Å². The van der Waals surface area contributed by atoms with Crippen molar-refractivity contribution in [2.75, 3.05) is 7.11 Å². The maximum Gasteiger partial charge on any atom is 0.338 e. The third-order valence-electron chi connectivity index (χ3n) is 10.8. The van der Waals surface area contributed by atoms with Crippen molar-refractivity contribution in [3.05, 3.63) is 113 Å². The topological polar surface area (TPSA) is 389 Å². The van der Waals surface area contributed by atoms with Crippen LogP contribution < -0.4 is 4.74 Å². The van der Waals surface area contributed by atoms with Crippen molar-refractivity contribution in [1.82, 2.24) is 15.0 Å². The molecule has 0 bridgehead atoms. The van der Waals surface area contributed by atoms with E-state index in [2.05, 4.69) is 40.9 Å². The van der Waals surface area contributed by atoms with E-state index >= 15 is 0 Å². The largest absolute Gasteiger partial charge is 0.505 e. The van der Waals surface area contributed by atoms with Gasteiger partial charge in [-0.15, -0.1) is 25.5 Å². The number of benzene rings is 7. The number of ether oxygens (including phenoxy) is 1. The van der Waals surface area contributed by atoms with E-state index in [0.29, 0.717) is 39.8 Å². The van der Waals surface area contributed by atoms with E-state index in [-0.39, 0.29) is 55.4 Å². The molecule has 8 aromatic rings. The summed E-state index contributed by atoms with van der Waals surface area (Å²) < 4.78 is 142. The van der Waals surface area contributed by atoms with Crippen LogP contribution in [0.5, 0.6) is 11.5 Å². The highest BCUT2D eigenvalue weighted by atomic mass is 32.2. The van der Waals surface area contributed by atoms with Gasteiger partial charge >= 0.3 is 5.97 Å². The molecule has 1 heterocycles. The molecule has 25 nitrogen and oxygen atoms in total. The molecular formula is C43H33N9O16S4. The molecular weight excluding hydrogens is 1030 g/mol. The number of hydrogen-bond acceptors (Lipinski definition) is 19. The fourth-order valence-corrected chi connectivity index (χ4v) is 9.76. The van der Waals surface area contributed by atoms with Crippen LogP contribution in [0.2, 0.25) is 0 Å². The third kappa shape index (κ3) is 9.97. The Kier molecular flexibility index (Phi) is 12.8. The number of aryl methyl sites for hydroxylation is 3. The Hall–Kier alpha value is -8.03. The number of aromatic nitrogens is 3. The molecule has 1 aromatic heterocycles. The molecule has 0 aliphatic carbocycles. The summed E-state index contributed by atoms with van der Waals surface area (Å²) in [6.07, 6.45) is 0. The summed E-state index contributed by atoms with van der Waals surface area (Å²) in [6, 6.07) is 18.3. The van der Waals surface area contributed by atoms with Crippen molar-refractivity contribution < 1.29 is 71.6 Å². The number of hydrogen-bond donors (Lipinski definition) is 6. The summed E-state index contributed by atoms with van der Waals surface area (Å²) >= 11 is 0. The fraction of sp³-hybridized carbons (Fsp3) is 0.0930. The third-order valence-corrected chi connectivity index (χ3v) is 14.3. The van der Waals surface area contributed by atoms with Crippen LogP contribution in [0, 0.1) is 20.8 Å². The maximum atomic E-state index is 12.8. The summed E-state index contributed by atoms with van der Waals surface area (Å²) in [5.41, 5.74) is 1.55. The number of rotatable bonds is 13. The van der Waals surface area contributed by atoms with Gasteiger partial charge in [-0.25, -0.2) is 4.79 Å². The highest BCUT2D eigenvalue weighted by Crippen LogP contribution is 2.44. The summed E-state index contributed by atoms with van der Waals surface area (Å²) in [5.74, 6) is -2.13. The molecule has 370 valence electrons. The lowest BCUT2D eigenvalue weighted by atomic mass is 10.1. The summed E-state index contributed by atoms with van der Waals surface area (Å²) in [6.45, 7) is 5.05. The first-order chi connectivity index (χ1) is 33.6. The van der Waals surface area contributed by atoms with Gasteiger partial charge in [0.25, 0.3) is 40.5 Å². The van der Waals surface area contributed by atoms with Crippen LogP contribution in [0.4, 0.5) is 34.1 Å². The fourth-order valence-electron chi connectivity index (χ4n) is 7.25. The molecule has 0 saturated carbocycles. The van der Waals surface area contributed by atoms with Crippen molar-refractivity contribution in [3.63, 3.8) is 0 Å². The van der Waals surface area contributed by atoms with E-state index in [1.54, 1.807) is 32.9 Å². The number of nitrogens with zero attached hydrogens (tertiary/aromatic N) is 9. The number of aromatic carboxylic acids is 1. The zero-order valence-corrected chi connectivity index (χ0v) is 40.3. The number of azo groups is 3. The monoisotopic (exact) mass is 1060 g/mol. The number of phenolic OH excluding ortho intramolecular Hbond substituents is 1. The minimum Gasteiger partial charge on any atom is -0.505 e. The van der Waals surface area contributed by atoms with Crippen molar-refractivity contribution in [2.24, 2.45) is 30.7 Å². The second kappa shape index (κ2) is 18.3. The second-order valence-corrected chi connectivity index (χ2v) is 21.3. The average molecular weight is 1060 g/mol. The van der Waals surface area contributed by atoms with Crippen LogP contribution in [-0.4, -0.2) is 90.2 Å². The van der Waals surface area contributed by atoms with Crippen LogP contribution in [0.15, 0.2) is 141 Å². The lowest BCUT2D eigenvalue weighted by molar-refractivity contribution is 0.0697. The van der Waals surface area contributed by atoms with Gasteiger partial charge in [-0.05, 0) is 122 Å². The first-order valence-corrected chi connectivity index (χ1v) is 25.8. The predicted molar refractivity (Wildman–Crippen MR) is 254 cm³/mol. The number of carboxylic acid groups (broad SMARTS) is 1. The van der Waals surface area contributed by atoms with Gasteiger partial charge in [0.05, 0.1) is 45.2 Å². The minimum atomic E-state index is -5.12. The molecule has 0 amide bonds. The van der Waals surface area contributed by atoms with Gasteiger partial charge in [-0.2, -0.15) is 53.8 Å². The highest BCUT2D eigenvalue weighted by Gasteiger charge is 2.25. The molecule has 0 aliphatic rings. The number of phenols is 1. The van der Waals surface area contributed by atoms with Gasteiger partial charge in [0.2, 0.25) is 0 Å². The number of aromatic hydroxyl groups is 1. The molecule has 0 unspecified atom stereocenters. The molecule has 0 aliphatic heterocycles. The molecule has 8 rings (SSSR count). The molecule has 6 N–H and O–H groups in total. The second-order valence-electron chi connectivity index (χ2n) is 15.6. The molecule has 0 fully saturated rings. The van der Waals surface area contributed by atoms with Crippen molar-refractivity contribution in [2.45, 2.75) is 40.4 Å². The Bertz CT molecular complexity index is 4240. The van der Waals surface area contributed by atoms with Crippen LogP contribution in [0.25, 0.3) is 38.3 Å².